The maximum Gasteiger partial charge on any atom is 0.136 e. The molecule has 1 heterocycles. The van der Waals surface area contributed by atoms with Crippen LogP contribution in [0.3, 0.4) is 0 Å². The molecule has 0 aromatic carbocycles. The third-order valence-corrected chi connectivity index (χ3v) is 2.04. The molecule has 1 N–H and O–H groups in total. The van der Waals surface area contributed by atoms with Crippen LogP contribution in [0.1, 0.15) is 18.6 Å². The van der Waals surface area contributed by atoms with Gasteiger partial charge in [0, 0.05) is 5.56 Å². The molecule has 0 spiro atoms. The quantitative estimate of drug-likeness (QED) is 0.760. The molecule has 2 nitrogen and oxygen atoms in total. The van der Waals surface area contributed by atoms with Crippen LogP contribution in [0.4, 0.5) is 0 Å². The summed E-state index contributed by atoms with van der Waals surface area (Å²) in [6, 6.07) is 3.48. The monoisotopic (exact) mass is 235 g/mol. The van der Waals surface area contributed by atoms with Crippen LogP contribution in [0.15, 0.2) is 16.7 Å². The Hall–Kier alpha value is -0.120. The second kappa shape index (κ2) is 3.52. The van der Waals surface area contributed by atoms with E-state index >= 15 is 0 Å². The van der Waals surface area contributed by atoms with Gasteiger partial charge in [0.25, 0.3) is 0 Å². The summed E-state index contributed by atoms with van der Waals surface area (Å²) in [5, 5.41) is 9.50. The number of hydrogen-bond donors (Lipinski definition) is 1. The van der Waals surface area contributed by atoms with Crippen LogP contribution in [-0.4, -0.2) is 10.1 Å². The van der Waals surface area contributed by atoms with Gasteiger partial charge in [0.05, 0.1) is 6.10 Å². The van der Waals surface area contributed by atoms with Crippen LogP contribution in [-0.2, 0) is 0 Å². The number of rotatable bonds is 1. The summed E-state index contributed by atoms with van der Waals surface area (Å²) < 4.78 is 0.673. The van der Waals surface area contributed by atoms with Crippen molar-refractivity contribution < 1.29 is 5.11 Å². The molecule has 1 unspecified atom stereocenters. The first kappa shape index (κ1) is 8.97. The average Bonchev–Trinajstić information content (AvgIpc) is 1.85. The normalized spacial score (nSPS) is 13.1. The lowest BCUT2D eigenvalue weighted by Crippen LogP contribution is -1.93. The fourth-order valence-electron chi connectivity index (χ4n) is 0.735. The maximum absolute atomic E-state index is 9.16. The molecule has 0 aliphatic heterocycles. The highest BCUT2D eigenvalue weighted by Crippen LogP contribution is 2.22. The van der Waals surface area contributed by atoms with Gasteiger partial charge in [-0.15, -0.1) is 0 Å². The van der Waals surface area contributed by atoms with Crippen molar-refractivity contribution in [2.45, 2.75) is 13.0 Å². The molecule has 0 radical (unpaired) electrons. The molecule has 11 heavy (non-hydrogen) atoms. The van der Waals surface area contributed by atoms with Gasteiger partial charge < -0.3 is 5.11 Å². The van der Waals surface area contributed by atoms with Crippen LogP contribution < -0.4 is 0 Å². The Bertz CT molecular complexity index is 265. The first-order valence-corrected chi connectivity index (χ1v) is 4.28. The summed E-state index contributed by atoms with van der Waals surface area (Å²) in [5.41, 5.74) is 0.648. The van der Waals surface area contributed by atoms with Crippen molar-refractivity contribution >= 4 is 27.5 Å². The zero-order valence-electron chi connectivity index (χ0n) is 5.88. The van der Waals surface area contributed by atoms with Crippen molar-refractivity contribution in [2.24, 2.45) is 0 Å². The minimum Gasteiger partial charge on any atom is -0.389 e. The second-order valence-electron chi connectivity index (χ2n) is 2.19. The predicted octanol–water partition coefficient (Wildman–Crippen LogP) is 2.55. The Balaban J connectivity index is 3.09. The van der Waals surface area contributed by atoms with Gasteiger partial charge in [-0.1, -0.05) is 17.7 Å². The summed E-state index contributed by atoms with van der Waals surface area (Å²) in [4.78, 5) is 3.92. The van der Waals surface area contributed by atoms with E-state index in [2.05, 4.69) is 20.9 Å². The fourth-order valence-corrected chi connectivity index (χ4v) is 1.46. The minimum absolute atomic E-state index is 0.342. The molecule has 1 rings (SSSR count). The molecule has 0 saturated heterocycles. The number of hydrogen-bond acceptors (Lipinski definition) is 2. The number of aromatic nitrogens is 1. The first-order valence-electron chi connectivity index (χ1n) is 3.11. The molecular formula is C7H7BrClNO. The van der Waals surface area contributed by atoms with Gasteiger partial charge in [-0.05, 0) is 28.9 Å². The lowest BCUT2D eigenvalue weighted by Gasteiger charge is -2.05. The van der Waals surface area contributed by atoms with E-state index in [9.17, 15) is 0 Å². The third kappa shape index (κ3) is 2.15. The highest BCUT2D eigenvalue weighted by atomic mass is 79.9. The summed E-state index contributed by atoms with van der Waals surface area (Å²) in [7, 11) is 0. The van der Waals surface area contributed by atoms with Gasteiger partial charge in [-0.3, -0.25) is 0 Å². The number of nitrogens with zero attached hydrogens (tertiary/aromatic N) is 1. The largest absolute Gasteiger partial charge is 0.389 e. The lowest BCUT2D eigenvalue weighted by molar-refractivity contribution is 0.199. The zero-order chi connectivity index (χ0) is 8.43. The first-order chi connectivity index (χ1) is 5.11. The van der Waals surface area contributed by atoms with Crippen LogP contribution in [0.5, 0.6) is 0 Å². The van der Waals surface area contributed by atoms with E-state index in [1.165, 1.54) is 0 Å². The number of aliphatic hydroxyl groups is 1. The minimum atomic E-state index is -0.567. The molecule has 0 fully saturated rings. The van der Waals surface area contributed by atoms with Gasteiger partial charge in [0.15, 0.2) is 0 Å². The van der Waals surface area contributed by atoms with Crippen LogP contribution >= 0.6 is 27.5 Å². The maximum atomic E-state index is 9.16. The molecule has 1 atom stereocenters. The Morgan fingerprint density at radius 2 is 2.27 bits per heavy atom. The zero-order valence-corrected chi connectivity index (χ0v) is 8.22. The van der Waals surface area contributed by atoms with Crippen LogP contribution in [0.2, 0.25) is 5.15 Å². The molecule has 1 aromatic heterocycles. The Morgan fingerprint density at radius 1 is 1.64 bits per heavy atom. The highest BCUT2D eigenvalue weighted by molar-refractivity contribution is 9.10. The summed E-state index contributed by atoms with van der Waals surface area (Å²) in [5.74, 6) is 0. The van der Waals surface area contributed by atoms with Gasteiger partial charge in [0.1, 0.15) is 9.76 Å². The van der Waals surface area contributed by atoms with E-state index in [0.717, 1.165) is 0 Å². The van der Waals surface area contributed by atoms with E-state index in [1.54, 1.807) is 19.1 Å². The molecule has 4 heteroatoms. The van der Waals surface area contributed by atoms with Gasteiger partial charge in [0.2, 0.25) is 0 Å². The van der Waals surface area contributed by atoms with Crippen LogP contribution in [0.25, 0.3) is 0 Å². The van der Waals surface area contributed by atoms with E-state index in [0.29, 0.717) is 15.3 Å². The topological polar surface area (TPSA) is 33.1 Å². The van der Waals surface area contributed by atoms with Crippen molar-refractivity contribution in [1.29, 1.82) is 0 Å². The van der Waals surface area contributed by atoms with Gasteiger partial charge in [-0.2, -0.15) is 0 Å². The van der Waals surface area contributed by atoms with Crippen molar-refractivity contribution in [3.8, 4) is 0 Å². The van der Waals surface area contributed by atoms with Crippen LogP contribution in [0, 0.1) is 0 Å². The molecule has 0 amide bonds. The molecule has 0 aliphatic rings. The standard InChI is InChI=1S/C7H7BrClNO/c1-4(11)5-2-3-6(8)10-7(5)9/h2-4,11H,1H3. The highest BCUT2D eigenvalue weighted by Gasteiger charge is 2.06. The van der Waals surface area contributed by atoms with Crippen molar-refractivity contribution in [3.05, 3.63) is 27.5 Å². The molecular weight excluding hydrogens is 229 g/mol. The summed E-state index contributed by atoms with van der Waals surface area (Å²) in [6.07, 6.45) is -0.567. The SMILES string of the molecule is CC(O)c1ccc(Br)nc1Cl. The average molecular weight is 236 g/mol. The number of halogens is 2. The van der Waals surface area contributed by atoms with Crippen molar-refractivity contribution in [2.75, 3.05) is 0 Å². The van der Waals surface area contributed by atoms with E-state index < -0.39 is 6.10 Å². The Morgan fingerprint density at radius 3 is 2.73 bits per heavy atom. The molecule has 1 aromatic rings. The third-order valence-electron chi connectivity index (χ3n) is 1.29. The summed E-state index contributed by atoms with van der Waals surface area (Å²) >= 11 is 8.89. The Labute approximate surface area is 78.3 Å². The number of pyridine rings is 1. The lowest BCUT2D eigenvalue weighted by atomic mass is 10.2. The van der Waals surface area contributed by atoms with E-state index in [4.69, 9.17) is 16.7 Å². The molecule has 0 aliphatic carbocycles. The van der Waals surface area contributed by atoms with E-state index in [1.807, 2.05) is 0 Å². The van der Waals surface area contributed by atoms with E-state index in [-0.39, 0.29) is 0 Å². The summed E-state index contributed by atoms with van der Waals surface area (Å²) in [6.45, 7) is 1.65. The fraction of sp³-hybridized carbons (Fsp3) is 0.286. The second-order valence-corrected chi connectivity index (χ2v) is 3.36. The molecule has 0 saturated carbocycles. The van der Waals surface area contributed by atoms with Crippen molar-refractivity contribution in [1.82, 2.24) is 4.98 Å². The predicted molar refractivity (Wildman–Crippen MR) is 47.6 cm³/mol. The molecule has 0 bridgehead atoms. The Kier molecular flexibility index (Phi) is 2.87. The number of aliphatic hydroxyl groups excluding tert-OH is 1. The molecule has 60 valence electrons. The van der Waals surface area contributed by atoms with Gasteiger partial charge >= 0.3 is 0 Å². The smallest absolute Gasteiger partial charge is 0.136 e. The van der Waals surface area contributed by atoms with Crippen molar-refractivity contribution in [3.63, 3.8) is 0 Å². The van der Waals surface area contributed by atoms with Gasteiger partial charge in [-0.25, -0.2) is 4.98 Å².